The molecular weight excluding hydrogens is 300 g/mol. The van der Waals surface area contributed by atoms with Crippen LogP contribution in [0.4, 0.5) is 5.69 Å². The Balaban J connectivity index is 2.02. The summed E-state index contributed by atoms with van der Waals surface area (Å²) in [5.41, 5.74) is 6.49. The second kappa shape index (κ2) is 5.77. The number of nitrogens with two attached hydrogens (primary N) is 1. The van der Waals surface area contributed by atoms with Gasteiger partial charge in [-0.2, -0.15) is 0 Å². The predicted molar refractivity (Wildman–Crippen MR) is 71.2 cm³/mol. The molecule has 2 unspecified atom stereocenters. The molecule has 0 amide bonds. The first kappa shape index (κ1) is 13.5. The third-order valence-corrected chi connectivity index (χ3v) is 3.64. The van der Waals surface area contributed by atoms with E-state index in [0.717, 1.165) is 19.3 Å². The number of ether oxygens (including phenoxy) is 1. The van der Waals surface area contributed by atoms with Gasteiger partial charge in [-0.1, -0.05) is 15.9 Å². The quantitative estimate of drug-likeness (QED) is 0.684. The topological polar surface area (TPSA) is 78.4 Å². The normalized spacial score (nSPS) is 23.2. The van der Waals surface area contributed by atoms with Crippen molar-refractivity contribution in [3.8, 4) is 0 Å². The minimum Gasteiger partial charge on any atom is -0.373 e. The van der Waals surface area contributed by atoms with Crippen molar-refractivity contribution in [2.75, 3.05) is 0 Å². The second-order valence-corrected chi connectivity index (χ2v) is 5.45. The summed E-state index contributed by atoms with van der Waals surface area (Å²) in [6.07, 6.45) is 2.87. The van der Waals surface area contributed by atoms with Gasteiger partial charge in [0.25, 0.3) is 5.69 Å². The van der Waals surface area contributed by atoms with E-state index in [1.807, 2.05) is 0 Å². The molecule has 0 spiro atoms. The molecule has 5 nitrogen and oxygen atoms in total. The van der Waals surface area contributed by atoms with Crippen LogP contribution in [-0.4, -0.2) is 17.1 Å². The van der Waals surface area contributed by atoms with E-state index >= 15 is 0 Å². The van der Waals surface area contributed by atoms with Gasteiger partial charge in [-0.05, 0) is 31.4 Å². The number of benzene rings is 1. The van der Waals surface area contributed by atoms with Crippen LogP contribution >= 0.6 is 15.9 Å². The third-order valence-electron chi connectivity index (χ3n) is 3.14. The molecule has 1 saturated carbocycles. The van der Waals surface area contributed by atoms with Gasteiger partial charge in [-0.25, -0.2) is 0 Å². The van der Waals surface area contributed by atoms with Gasteiger partial charge in [0, 0.05) is 16.6 Å². The Morgan fingerprint density at radius 3 is 2.89 bits per heavy atom. The molecular formula is C12H15BrN2O3. The zero-order valence-electron chi connectivity index (χ0n) is 9.84. The van der Waals surface area contributed by atoms with Crippen LogP contribution in [0.15, 0.2) is 22.7 Å². The maximum atomic E-state index is 10.9. The van der Waals surface area contributed by atoms with E-state index in [9.17, 15) is 10.1 Å². The predicted octanol–water partition coefficient (Wildman–Crippen LogP) is 2.75. The average molecular weight is 315 g/mol. The molecule has 2 rings (SSSR count). The zero-order chi connectivity index (χ0) is 13.1. The molecule has 1 aliphatic rings. The molecule has 2 atom stereocenters. The van der Waals surface area contributed by atoms with Gasteiger partial charge >= 0.3 is 0 Å². The molecule has 1 aromatic carbocycles. The Kier molecular flexibility index (Phi) is 4.31. The molecule has 0 bridgehead atoms. The van der Waals surface area contributed by atoms with Gasteiger partial charge in [0.15, 0.2) is 0 Å². The van der Waals surface area contributed by atoms with Crippen molar-refractivity contribution in [2.24, 2.45) is 5.73 Å². The maximum absolute atomic E-state index is 10.9. The number of hydrogen-bond donors (Lipinski definition) is 1. The highest BCUT2D eigenvalue weighted by Crippen LogP contribution is 2.26. The van der Waals surface area contributed by atoms with Gasteiger partial charge in [0.2, 0.25) is 0 Å². The molecule has 0 saturated heterocycles. The molecule has 6 heteroatoms. The summed E-state index contributed by atoms with van der Waals surface area (Å²) >= 11 is 3.23. The van der Waals surface area contributed by atoms with Crippen molar-refractivity contribution in [3.63, 3.8) is 0 Å². The fourth-order valence-corrected chi connectivity index (χ4v) is 2.51. The fraction of sp³-hybridized carbons (Fsp3) is 0.500. The largest absolute Gasteiger partial charge is 0.373 e. The number of hydrogen-bond acceptors (Lipinski definition) is 4. The maximum Gasteiger partial charge on any atom is 0.276 e. The van der Waals surface area contributed by atoms with Gasteiger partial charge in [-0.3, -0.25) is 10.1 Å². The Bertz CT molecular complexity index is 453. The lowest BCUT2D eigenvalue weighted by molar-refractivity contribution is -0.386. The van der Waals surface area contributed by atoms with Crippen LogP contribution in [0.3, 0.4) is 0 Å². The lowest BCUT2D eigenvalue weighted by Gasteiger charge is -2.11. The molecule has 0 aliphatic heterocycles. The second-order valence-electron chi connectivity index (χ2n) is 4.54. The molecule has 0 radical (unpaired) electrons. The van der Waals surface area contributed by atoms with Crippen LogP contribution in [-0.2, 0) is 11.3 Å². The molecule has 18 heavy (non-hydrogen) atoms. The van der Waals surface area contributed by atoms with Crippen LogP contribution < -0.4 is 5.73 Å². The Labute approximate surface area is 114 Å². The van der Waals surface area contributed by atoms with Gasteiger partial charge in [0.1, 0.15) is 0 Å². The van der Waals surface area contributed by atoms with Crippen molar-refractivity contribution < 1.29 is 9.66 Å². The Morgan fingerprint density at radius 2 is 2.28 bits per heavy atom. The van der Waals surface area contributed by atoms with E-state index in [0.29, 0.717) is 10.0 Å². The summed E-state index contributed by atoms with van der Waals surface area (Å²) in [5, 5.41) is 10.9. The third kappa shape index (κ3) is 3.28. The van der Waals surface area contributed by atoms with Crippen LogP contribution in [0.2, 0.25) is 0 Å². The molecule has 1 aromatic rings. The van der Waals surface area contributed by atoms with Crippen molar-refractivity contribution in [3.05, 3.63) is 38.3 Å². The summed E-state index contributed by atoms with van der Waals surface area (Å²) in [6.45, 7) is 0.265. The molecule has 1 aliphatic carbocycles. The summed E-state index contributed by atoms with van der Waals surface area (Å²) in [6, 6.07) is 5.21. The molecule has 2 N–H and O–H groups in total. The van der Waals surface area contributed by atoms with Crippen molar-refractivity contribution in [2.45, 2.75) is 38.0 Å². The highest BCUT2D eigenvalue weighted by Gasteiger charge is 2.23. The first-order valence-corrected chi connectivity index (χ1v) is 6.65. The highest BCUT2D eigenvalue weighted by atomic mass is 79.9. The number of nitro benzene ring substituents is 1. The zero-order valence-corrected chi connectivity index (χ0v) is 11.4. The number of nitro groups is 1. The Hall–Kier alpha value is -0.980. The smallest absolute Gasteiger partial charge is 0.276 e. The van der Waals surface area contributed by atoms with Crippen molar-refractivity contribution in [1.82, 2.24) is 0 Å². The molecule has 98 valence electrons. The lowest BCUT2D eigenvalue weighted by Crippen LogP contribution is -2.17. The monoisotopic (exact) mass is 314 g/mol. The molecule has 0 heterocycles. The first-order valence-electron chi connectivity index (χ1n) is 5.86. The molecule has 0 aromatic heterocycles. The summed E-state index contributed by atoms with van der Waals surface area (Å²) in [4.78, 5) is 10.5. The van der Waals surface area contributed by atoms with Crippen LogP contribution in [0.5, 0.6) is 0 Å². The van der Waals surface area contributed by atoms with Gasteiger partial charge in [0.05, 0.1) is 23.2 Å². The van der Waals surface area contributed by atoms with Crippen molar-refractivity contribution in [1.29, 1.82) is 0 Å². The highest BCUT2D eigenvalue weighted by molar-refractivity contribution is 9.10. The minimum atomic E-state index is -0.385. The summed E-state index contributed by atoms with van der Waals surface area (Å²) < 4.78 is 6.39. The lowest BCUT2D eigenvalue weighted by atomic mass is 10.2. The average Bonchev–Trinajstić information content (AvgIpc) is 2.73. The summed E-state index contributed by atoms with van der Waals surface area (Å²) in [7, 11) is 0. The van der Waals surface area contributed by atoms with Crippen LogP contribution in [0.1, 0.15) is 24.8 Å². The van der Waals surface area contributed by atoms with E-state index in [2.05, 4.69) is 15.9 Å². The fourth-order valence-electron chi connectivity index (χ4n) is 2.16. The number of rotatable bonds is 4. The minimum absolute atomic E-state index is 0.0895. The Morgan fingerprint density at radius 1 is 1.50 bits per heavy atom. The van der Waals surface area contributed by atoms with Gasteiger partial charge in [-0.15, -0.1) is 0 Å². The van der Waals surface area contributed by atoms with Crippen molar-refractivity contribution >= 4 is 21.6 Å². The first-order chi connectivity index (χ1) is 8.56. The number of nitrogens with zero attached hydrogens (tertiary/aromatic N) is 1. The van der Waals surface area contributed by atoms with Crippen LogP contribution in [0, 0.1) is 10.1 Å². The van der Waals surface area contributed by atoms with E-state index in [4.69, 9.17) is 10.5 Å². The SMILES string of the molecule is NC1CCC(OCc2ccc(Br)cc2[N+](=O)[O-])C1. The van der Waals surface area contributed by atoms with E-state index in [1.165, 1.54) is 6.07 Å². The summed E-state index contributed by atoms with van der Waals surface area (Å²) in [5.74, 6) is 0. The van der Waals surface area contributed by atoms with E-state index in [1.54, 1.807) is 12.1 Å². The van der Waals surface area contributed by atoms with E-state index < -0.39 is 0 Å². The van der Waals surface area contributed by atoms with Crippen LogP contribution in [0.25, 0.3) is 0 Å². The standard InChI is InChI=1S/C12H15BrN2O3/c13-9-2-1-8(12(5-9)15(16)17)7-18-11-4-3-10(14)6-11/h1-2,5,10-11H,3-4,6-7,14H2. The van der Waals surface area contributed by atoms with Gasteiger partial charge < -0.3 is 10.5 Å². The van der Waals surface area contributed by atoms with E-state index in [-0.39, 0.29) is 29.4 Å². The molecule has 1 fully saturated rings. The number of halogens is 1.